The van der Waals surface area contributed by atoms with Crippen molar-refractivity contribution in [3.63, 3.8) is 0 Å². The van der Waals surface area contributed by atoms with Crippen LogP contribution in [0.1, 0.15) is 42.7 Å². The lowest BCUT2D eigenvalue weighted by atomic mass is 9.92. The molecule has 1 aliphatic rings. The fraction of sp³-hybridized carbons (Fsp3) is 0.409. The van der Waals surface area contributed by atoms with E-state index in [9.17, 15) is 4.79 Å². The zero-order valence-corrected chi connectivity index (χ0v) is 15.3. The Bertz CT molecular complexity index is 714. The summed E-state index contributed by atoms with van der Waals surface area (Å²) in [6, 6.07) is 18.6. The molecule has 138 valence electrons. The Hall–Kier alpha value is -2.33. The van der Waals surface area contributed by atoms with Crippen LogP contribution < -0.4 is 10.5 Å². The zero-order valence-electron chi connectivity index (χ0n) is 15.3. The number of hydrogen-bond acceptors (Lipinski definition) is 4. The van der Waals surface area contributed by atoms with Crippen molar-refractivity contribution in [2.45, 2.75) is 43.6 Å². The molecule has 0 aliphatic heterocycles. The minimum atomic E-state index is -0.827. The van der Waals surface area contributed by atoms with Gasteiger partial charge in [0, 0.05) is 0 Å². The quantitative estimate of drug-likeness (QED) is 0.607. The third kappa shape index (κ3) is 4.44. The summed E-state index contributed by atoms with van der Waals surface area (Å²) in [6.45, 7) is 0.712. The Balaban J connectivity index is 1.47. The van der Waals surface area contributed by atoms with Crippen LogP contribution in [-0.4, -0.2) is 25.2 Å². The molecule has 26 heavy (non-hydrogen) atoms. The summed E-state index contributed by atoms with van der Waals surface area (Å²) < 4.78 is 10.6. The highest BCUT2D eigenvalue weighted by atomic mass is 16.5. The second-order valence-electron chi connectivity index (χ2n) is 7.09. The summed E-state index contributed by atoms with van der Waals surface area (Å²) in [4.78, 5) is 11.9. The van der Waals surface area contributed by atoms with Crippen LogP contribution >= 0.6 is 0 Å². The van der Waals surface area contributed by atoms with E-state index in [4.69, 9.17) is 15.2 Å². The van der Waals surface area contributed by atoms with Crippen LogP contribution in [0, 0.1) is 0 Å². The summed E-state index contributed by atoms with van der Waals surface area (Å²) in [5.41, 5.74) is 7.94. The van der Waals surface area contributed by atoms with Gasteiger partial charge in [-0.1, -0.05) is 42.5 Å². The van der Waals surface area contributed by atoms with Gasteiger partial charge in [-0.05, 0) is 61.3 Å². The Morgan fingerprint density at radius 3 is 2.58 bits per heavy atom. The van der Waals surface area contributed by atoms with E-state index in [0.717, 1.165) is 25.0 Å². The Morgan fingerprint density at radius 1 is 1.15 bits per heavy atom. The number of benzene rings is 2. The predicted molar refractivity (Wildman–Crippen MR) is 102 cm³/mol. The van der Waals surface area contributed by atoms with Gasteiger partial charge in [-0.2, -0.15) is 0 Å². The first-order chi connectivity index (χ1) is 12.6. The summed E-state index contributed by atoms with van der Waals surface area (Å²) >= 11 is 0. The van der Waals surface area contributed by atoms with Crippen molar-refractivity contribution in [2.75, 3.05) is 13.7 Å². The van der Waals surface area contributed by atoms with Gasteiger partial charge >= 0.3 is 5.97 Å². The third-order valence-corrected chi connectivity index (χ3v) is 5.21. The number of methoxy groups -OCH3 is 1. The van der Waals surface area contributed by atoms with E-state index in [0.29, 0.717) is 25.4 Å². The van der Waals surface area contributed by atoms with Crippen molar-refractivity contribution in [3.05, 3.63) is 65.7 Å². The van der Waals surface area contributed by atoms with Crippen molar-refractivity contribution < 1.29 is 14.3 Å². The highest BCUT2D eigenvalue weighted by Crippen LogP contribution is 2.40. The average Bonchev–Trinajstić information content (AvgIpc) is 3.09. The van der Waals surface area contributed by atoms with Gasteiger partial charge in [0.25, 0.3) is 0 Å². The van der Waals surface area contributed by atoms with Crippen LogP contribution in [0.4, 0.5) is 0 Å². The number of para-hydroxylation sites is 1. The molecule has 0 heterocycles. The first-order valence-corrected chi connectivity index (χ1v) is 9.25. The lowest BCUT2D eigenvalue weighted by Gasteiger charge is -2.20. The summed E-state index contributed by atoms with van der Waals surface area (Å²) in [6.07, 6.45) is 4.23. The Labute approximate surface area is 155 Å². The molecule has 2 N–H and O–H groups in total. The number of carbonyl (C=O) groups is 1. The molecule has 0 unspecified atom stereocenters. The molecule has 0 saturated heterocycles. The molecule has 0 amide bonds. The van der Waals surface area contributed by atoms with E-state index in [2.05, 4.69) is 24.3 Å². The molecule has 4 nitrogen and oxygen atoms in total. The molecule has 0 bridgehead atoms. The number of rotatable bonds is 7. The number of aryl methyl sites for hydroxylation is 1. The van der Waals surface area contributed by atoms with E-state index in [1.165, 1.54) is 18.2 Å². The number of nitrogens with two attached hydrogens (primary N) is 1. The maximum atomic E-state index is 11.9. The van der Waals surface area contributed by atoms with Crippen LogP contribution in [0.2, 0.25) is 0 Å². The molecule has 1 aliphatic carbocycles. The number of ether oxygens (including phenoxy) is 2. The van der Waals surface area contributed by atoms with Crippen molar-refractivity contribution in [3.8, 4) is 5.75 Å². The van der Waals surface area contributed by atoms with Gasteiger partial charge in [-0.3, -0.25) is 4.79 Å². The van der Waals surface area contributed by atoms with Crippen LogP contribution in [0.3, 0.4) is 0 Å². The average molecular weight is 353 g/mol. The largest absolute Gasteiger partial charge is 0.494 e. The predicted octanol–water partition coefficient (Wildman–Crippen LogP) is 3.84. The van der Waals surface area contributed by atoms with Gasteiger partial charge in [0.15, 0.2) is 0 Å². The molecule has 1 fully saturated rings. The van der Waals surface area contributed by atoms with Crippen molar-refractivity contribution in [1.82, 2.24) is 0 Å². The van der Waals surface area contributed by atoms with Gasteiger partial charge in [0.05, 0.1) is 13.7 Å². The fourth-order valence-electron chi connectivity index (χ4n) is 3.69. The summed E-state index contributed by atoms with van der Waals surface area (Å²) in [5.74, 6) is 0.949. The van der Waals surface area contributed by atoms with E-state index in [1.54, 1.807) is 0 Å². The van der Waals surface area contributed by atoms with Crippen LogP contribution in [0.5, 0.6) is 5.75 Å². The van der Waals surface area contributed by atoms with Crippen LogP contribution in [-0.2, 0) is 16.0 Å². The van der Waals surface area contributed by atoms with Crippen LogP contribution in [0.15, 0.2) is 54.6 Å². The molecule has 2 atom stereocenters. The van der Waals surface area contributed by atoms with Crippen molar-refractivity contribution in [2.24, 2.45) is 5.73 Å². The van der Waals surface area contributed by atoms with E-state index in [-0.39, 0.29) is 5.97 Å². The lowest BCUT2D eigenvalue weighted by molar-refractivity contribution is -0.146. The van der Waals surface area contributed by atoms with Crippen molar-refractivity contribution >= 4 is 5.97 Å². The minimum absolute atomic E-state index is 0.296. The Morgan fingerprint density at radius 2 is 1.88 bits per heavy atom. The number of hydrogen-bond donors (Lipinski definition) is 1. The van der Waals surface area contributed by atoms with Gasteiger partial charge in [0.2, 0.25) is 0 Å². The maximum Gasteiger partial charge on any atom is 0.325 e. The highest BCUT2D eigenvalue weighted by Gasteiger charge is 2.43. The van der Waals surface area contributed by atoms with Crippen LogP contribution in [0.25, 0.3) is 0 Å². The maximum absolute atomic E-state index is 11.9. The molecule has 2 aromatic rings. The third-order valence-electron chi connectivity index (χ3n) is 5.21. The highest BCUT2D eigenvalue weighted by molar-refractivity contribution is 5.81. The summed E-state index contributed by atoms with van der Waals surface area (Å²) in [5, 5.41) is 0. The monoisotopic (exact) mass is 353 g/mol. The molecule has 4 heteroatoms. The molecule has 1 saturated carbocycles. The SMILES string of the molecule is COC(=O)[C@@]1(N)CC[C@@H](c2ccc(CCCOc3ccccc3)cc2)C1. The molecule has 3 rings (SSSR count). The van der Waals surface area contributed by atoms with Gasteiger partial charge in [-0.25, -0.2) is 0 Å². The number of esters is 1. The first kappa shape index (κ1) is 18.5. The number of carbonyl (C=O) groups excluding carboxylic acids is 1. The van der Waals surface area contributed by atoms with Gasteiger partial charge < -0.3 is 15.2 Å². The molecule has 0 aromatic heterocycles. The normalized spacial score (nSPS) is 22.2. The van der Waals surface area contributed by atoms with Gasteiger partial charge in [-0.15, -0.1) is 0 Å². The van der Waals surface area contributed by atoms with Crippen molar-refractivity contribution in [1.29, 1.82) is 0 Å². The topological polar surface area (TPSA) is 61.5 Å². The lowest BCUT2D eigenvalue weighted by Crippen LogP contribution is -2.46. The second kappa shape index (κ2) is 8.37. The van der Waals surface area contributed by atoms with E-state index < -0.39 is 5.54 Å². The van der Waals surface area contributed by atoms with Gasteiger partial charge in [0.1, 0.15) is 11.3 Å². The molecule has 0 spiro atoms. The Kier molecular flexibility index (Phi) is 5.94. The minimum Gasteiger partial charge on any atom is -0.494 e. The first-order valence-electron chi connectivity index (χ1n) is 9.25. The molecule has 0 radical (unpaired) electrons. The second-order valence-corrected chi connectivity index (χ2v) is 7.09. The zero-order chi connectivity index (χ0) is 18.4. The molecular formula is C22H27NO3. The smallest absolute Gasteiger partial charge is 0.325 e. The van der Waals surface area contributed by atoms with E-state index >= 15 is 0 Å². The molecule has 2 aromatic carbocycles. The fourth-order valence-corrected chi connectivity index (χ4v) is 3.69. The molecular weight excluding hydrogens is 326 g/mol. The standard InChI is InChI=1S/C22H27NO3/c1-25-21(24)22(23)14-13-19(16-22)18-11-9-17(10-12-18)6-5-15-26-20-7-3-2-4-8-20/h2-4,7-12,19H,5-6,13-16,23H2,1H3/t19-,22-/m1/s1. The summed E-state index contributed by atoms with van der Waals surface area (Å²) in [7, 11) is 1.40. The van der Waals surface area contributed by atoms with E-state index in [1.807, 2.05) is 30.3 Å².